The van der Waals surface area contributed by atoms with Crippen LogP contribution in [0, 0.1) is 0 Å². The molecule has 0 aromatic heterocycles. The van der Waals surface area contributed by atoms with E-state index in [2.05, 4.69) is 20.3 Å². The highest BCUT2D eigenvalue weighted by atomic mass is 35.5. The second-order valence-electron chi connectivity index (χ2n) is 5.48. The van der Waals surface area contributed by atoms with Crippen molar-refractivity contribution >= 4 is 24.0 Å². The summed E-state index contributed by atoms with van der Waals surface area (Å²) in [5.74, 6) is -0.505. The van der Waals surface area contributed by atoms with E-state index in [1.165, 1.54) is 24.3 Å². The number of benzene rings is 1. The standard InChI is InChI=1S/C15H20F3N3O2.ClH/c1-19-12-3-2-8-21(9-12)10-14(22)20-11-4-6-13(7-5-11)23-15(16,17)18;/h4-7,12,19H,2-3,8-10H2,1H3,(H,20,22);1H. The number of nitrogens with zero attached hydrogens (tertiary/aromatic N) is 1. The lowest BCUT2D eigenvalue weighted by Crippen LogP contribution is -2.46. The number of nitrogens with one attached hydrogen (secondary N) is 2. The van der Waals surface area contributed by atoms with Crippen LogP contribution < -0.4 is 15.4 Å². The smallest absolute Gasteiger partial charge is 0.406 e. The van der Waals surface area contributed by atoms with Crippen molar-refractivity contribution < 1.29 is 22.7 Å². The molecule has 0 aliphatic carbocycles. The third-order valence-electron chi connectivity index (χ3n) is 3.65. The molecular formula is C15H21ClF3N3O2. The number of amides is 1. The second-order valence-corrected chi connectivity index (χ2v) is 5.48. The lowest BCUT2D eigenvalue weighted by molar-refractivity contribution is -0.274. The van der Waals surface area contributed by atoms with Gasteiger partial charge in [-0.05, 0) is 50.7 Å². The van der Waals surface area contributed by atoms with E-state index >= 15 is 0 Å². The van der Waals surface area contributed by atoms with Crippen LogP contribution in [0.5, 0.6) is 5.75 Å². The predicted octanol–water partition coefficient (Wildman–Crippen LogP) is 2.63. The van der Waals surface area contributed by atoms with E-state index in [1.54, 1.807) is 0 Å². The number of piperidine rings is 1. The quantitative estimate of drug-likeness (QED) is 0.840. The molecule has 1 aromatic carbocycles. The van der Waals surface area contributed by atoms with Crippen molar-refractivity contribution in [2.75, 3.05) is 32.0 Å². The number of likely N-dealkylation sites (N-methyl/N-ethyl adjacent to an activating group) is 1. The average molecular weight is 368 g/mol. The molecule has 9 heteroatoms. The van der Waals surface area contributed by atoms with Crippen LogP contribution >= 0.6 is 12.4 Å². The van der Waals surface area contributed by atoms with Gasteiger partial charge in [0.1, 0.15) is 5.75 Å². The zero-order chi connectivity index (χ0) is 16.9. The van der Waals surface area contributed by atoms with Gasteiger partial charge < -0.3 is 15.4 Å². The molecule has 0 saturated carbocycles. The van der Waals surface area contributed by atoms with Gasteiger partial charge >= 0.3 is 6.36 Å². The first-order valence-corrected chi connectivity index (χ1v) is 7.41. The van der Waals surface area contributed by atoms with Gasteiger partial charge in [-0.2, -0.15) is 0 Å². The first kappa shape index (κ1) is 20.5. The molecule has 2 N–H and O–H groups in total. The van der Waals surface area contributed by atoms with Crippen LogP contribution in [0.1, 0.15) is 12.8 Å². The molecule has 1 atom stereocenters. The Labute approximate surface area is 144 Å². The molecule has 0 spiro atoms. The molecule has 1 amide bonds. The second kappa shape index (κ2) is 9.10. The Morgan fingerprint density at radius 2 is 2.00 bits per heavy atom. The van der Waals surface area contributed by atoms with Crippen molar-refractivity contribution in [3.63, 3.8) is 0 Å². The van der Waals surface area contributed by atoms with Crippen molar-refractivity contribution in [1.82, 2.24) is 10.2 Å². The maximum absolute atomic E-state index is 12.1. The minimum Gasteiger partial charge on any atom is -0.406 e. The van der Waals surface area contributed by atoms with E-state index in [9.17, 15) is 18.0 Å². The summed E-state index contributed by atoms with van der Waals surface area (Å²) in [6.07, 6.45) is -2.60. The zero-order valence-electron chi connectivity index (χ0n) is 13.2. The summed E-state index contributed by atoms with van der Waals surface area (Å²) in [7, 11) is 1.90. The van der Waals surface area contributed by atoms with Gasteiger partial charge in [0, 0.05) is 18.3 Å². The van der Waals surface area contributed by atoms with Crippen molar-refractivity contribution in [2.45, 2.75) is 25.2 Å². The van der Waals surface area contributed by atoms with Crippen molar-refractivity contribution in [1.29, 1.82) is 0 Å². The Morgan fingerprint density at radius 1 is 1.33 bits per heavy atom. The Kier molecular flexibility index (Phi) is 7.78. The summed E-state index contributed by atoms with van der Waals surface area (Å²) in [5, 5.41) is 5.88. The third kappa shape index (κ3) is 6.94. The van der Waals surface area contributed by atoms with Gasteiger partial charge in [0.15, 0.2) is 0 Å². The van der Waals surface area contributed by atoms with Crippen LogP contribution in [0.15, 0.2) is 24.3 Å². The van der Waals surface area contributed by atoms with E-state index in [0.29, 0.717) is 11.7 Å². The molecule has 1 aliphatic heterocycles. The van der Waals surface area contributed by atoms with Gasteiger partial charge in [0.05, 0.1) is 6.54 Å². The van der Waals surface area contributed by atoms with Gasteiger partial charge in [-0.15, -0.1) is 25.6 Å². The van der Waals surface area contributed by atoms with E-state index < -0.39 is 6.36 Å². The highest BCUT2D eigenvalue weighted by molar-refractivity contribution is 5.92. The monoisotopic (exact) mass is 367 g/mol. The van der Waals surface area contributed by atoms with Gasteiger partial charge in [0.25, 0.3) is 0 Å². The third-order valence-corrected chi connectivity index (χ3v) is 3.65. The molecule has 1 saturated heterocycles. The summed E-state index contributed by atoms with van der Waals surface area (Å²) in [5.41, 5.74) is 0.437. The van der Waals surface area contributed by atoms with Gasteiger partial charge in [0.2, 0.25) is 5.91 Å². The number of rotatable bonds is 5. The lowest BCUT2D eigenvalue weighted by atomic mass is 10.1. The van der Waals surface area contributed by atoms with Crippen LogP contribution in [0.3, 0.4) is 0 Å². The van der Waals surface area contributed by atoms with Gasteiger partial charge in [-0.1, -0.05) is 0 Å². The van der Waals surface area contributed by atoms with Crippen LogP contribution in [-0.2, 0) is 4.79 Å². The van der Waals surface area contributed by atoms with Crippen LogP contribution in [-0.4, -0.2) is 49.9 Å². The van der Waals surface area contributed by atoms with Gasteiger partial charge in [-0.3, -0.25) is 9.69 Å². The minimum absolute atomic E-state index is 0. The summed E-state index contributed by atoms with van der Waals surface area (Å²) < 4.78 is 40.0. The summed E-state index contributed by atoms with van der Waals surface area (Å²) in [6, 6.07) is 5.48. The molecule has 5 nitrogen and oxygen atoms in total. The van der Waals surface area contributed by atoms with Gasteiger partial charge in [-0.25, -0.2) is 0 Å². The Morgan fingerprint density at radius 3 is 2.58 bits per heavy atom. The Balaban J connectivity index is 0.00000288. The molecule has 1 aromatic rings. The molecule has 2 rings (SSSR count). The topological polar surface area (TPSA) is 53.6 Å². The predicted molar refractivity (Wildman–Crippen MR) is 87.5 cm³/mol. The number of carbonyl (C=O) groups excluding carboxylic acids is 1. The fourth-order valence-electron chi connectivity index (χ4n) is 2.58. The van der Waals surface area contributed by atoms with Crippen molar-refractivity contribution in [2.24, 2.45) is 0 Å². The van der Waals surface area contributed by atoms with Crippen LogP contribution in [0.4, 0.5) is 18.9 Å². The van der Waals surface area contributed by atoms with Crippen LogP contribution in [0.25, 0.3) is 0 Å². The maximum atomic E-state index is 12.1. The Bertz CT molecular complexity index is 526. The number of hydrogen-bond donors (Lipinski definition) is 2. The SMILES string of the molecule is CNC1CCCN(CC(=O)Nc2ccc(OC(F)(F)F)cc2)C1.Cl. The van der Waals surface area contributed by atoms with Crippen LogP contribution in [0.2, 0.25) is 0 Å². The van der Waals surface area contributed by atoms with Crippen molar-refractivity contribution in [3.05, 3.63) is 24.3 Å². The number of likely N-dealkylation sites (tertiary alicyclic amines) is 1. The Hall–Kier alpha value is -1.51. The zero-order valence-corrected chi connectivity index (χ0v) is 14.0. The molecule has 136 valence electrons. The largest absolute Gasteiger partial charge is 0.573 e. The first-order chi connectivity index (χ1) is 10.9. The number of alkyl halides is 3. The minimum atomic E-state index is -4.72. The average Bonchev–Trinajstić information content (AvgIpc) is 2.48. The fraction of sp³-hybridized carbons (Fsp3) is 0.533. The summed E-state index contributed by atoms with van der Waals surface area (Å²) in [6.45, 7) is 1.94. The highest BCUT2D eigenvalue weighted by Gasteiger charge is 2.31. The molecule has 1 fully saturated rings. The molecular weight excluding hydrogens is 347 g/mol. The van der Waals surface area contributed by atoms with E-state index in [0.717, 1.165) is 25.9 Å². The molecule has 24 heavy (non-hydrogen) atoms. The molecule has 1 unspecified atom stereocenters. The number of hydrogen-bond acceptors (Lipinski definition) is 4. The normalized spacial score (nSPS) is 18.6. The number of anilines is 1. The maximum Gasteiger partial charge on any atom is 0.573 e. The highest BCUT2D eigenvalue weighted by Crippen LogP contribution is 2.23. The molecule has 1 heterocycles. The van der Waals surface area contributed by atoms with E-state index in [-0.39, 0.29) is 30.6 Å². The molecule has 1 aliphatic rings. The summed E-state index contributed by atoms with van der Waals surface area (Å²) in [4.78, 5) is 14.1. The molecule has 0 bridgehead atoms. The van der Waals surface area contributed by atoms with E-state index in [4.69, 9.17) is 0 Å². The summed E-state index contributed by atoms with van der Waals surface area (Å²) >= 11 is 0. The fourth-order valence-corrected chi connectivity index (χ4v) is 2.58. The first-order valence-electron chi connectivity index (χ1n) is 7.41. The lowest BCUT2D eigenvalue weighted by Gasteiger charge is -2.31. The van der Waals surface area contributed by atoms with Crippen molar-refractivity contribution in [3.8, 4) is 5.75 Å². The molecule has 0 radical (unpaired) electrons. The number of carbonyl (C=O) groups is 1. The van der Waals surface area contributed by atoms with E-state index in [1.807, 2.05) is 7.05 Å². The number of halogens is 4. The number of ether oxygens (including phenoxy) is 1.